The lowest BCUT2D eigenvalue weighted by Gasteiger charge is -2.08. The number of nitro groups is 1. The predicted octanol–water partition coefficient (Wildman–Crippen LogP) is 3.19. The zero-order valence-corrected chi connectivity index (χ0v) is 12.5. The molecular formula is C15H13ClN2O4. The summed E-state index contributed by atoms with van der Waals surface area (Å²) >= 11 is 5.78. The highest BCUT2D eigenvalue weighted by Crippen LogP contribution is 2.30. The molecule has 0 aromatic heterocycles. The van der Waals surface area contributed by atoms with Crippen LogP contribution < -0.4 is 10.1 Å². The summed E-state index contributed by atoms with van der Waals surface area (Å²) < 4.78 is 4.94. The van der Waals surface area contributed by atoms with E-state index in [4.69, 9.17) is 16.3 Å². The second kappa shape index (κ2) is 6.91. The van der Waals surface area contributed by atoms with Gasteiger partial charge in [0.2, 0.25) is 0 Å². The second-order valence-corrected chi connectivity index (χ2v) is 4.86. The Bertz CT molecular complexity index is 701. The summed E-state index contributed by atoms with van der Waals surface area (Å²) in [4.78, 5) is 22.7. The Hall–Kier alpha value is -2.60. The van der Waals surface area contributed by atoms with Crippen molar-refractivity contribution >= 4 is 23.2 Å². The normalized spacial score (nSPS) is 10.1. The number of amides is 1. The van der Waals surface area contributed by atoms with Crippen LogP contribution in [-0.4, -0.2) is 17.9 Å². The molecule has 7 heteroatoms. The van der Waals surface area contributed by atoms with Crippen molar-refractivity contribution in [1.82, 2.24) is 5.32 Å². The van der Waals surface area contributed by atoms with Gasteiger partial charge in [-0.05, 0) is 29.8 Å². The quantitative estimate of drug-likeness (QED) is 0.677. The van der Waals surface area contributed by atoms with E-state index in [1.165, 1.54) is 25.3 Å². The molecule has 0 aliphatic heterocycles. The number of ether oxygens (including phenoxy) is 1. The largest absolute Gasteiger partial charge is 0.490 e. The summed E-state index contributed by atoms with van der Waals surface area (Å²) in [5.74, 6) is -0.496. The highest BCUT2D eigenvalue weighted by molar-refractivity contribution is 6.30. The molecule has 0 spiro atoms. The Balaban J connectivity index is 2.19. The van der Waals surface area contributed by atoms with Gasteiger partial charge in [0.15, 0.2) is 5.75 Å². The van der Waals surface area contributed by atoms with Crippen molar-refractivity contribution in [2.24, 2.45) is 0 Å². The van der Waals surface area contributed by atoms with Gasteiger partial charge in [0.1, 0.15) is 5.56 Å². The highest BCUT2D eigenvalue weighted by Gasteiger charge is 2.24. The molecular weight excluding hydrogens is 308 g/mol. The van der Waals surface area contributed by atoms with Gasteiger partial charge in [-0.2, -0.15) is 0 Å². The number of nitrogens with zero attached hydrogens (tertiary/aromatic N) is 1. The fraction of sp³-hybridized carbons (Fsp3) is 0.133. The molecule has 2 rings (SSSR count). The summed E-state index contributed by atoms with van der Waals surface area (Å²) in [6.45, 7) is 0.240. The lowest BCUT2D eigenvalue weighted by Crippen LogP contribution is -2.23. The van der Waals surface area contributed by atoms with Crippen LogP contribution in [0.25, 0.3) is 0 Å². The number of carbonyl (C=O) groups is 1. The van der Waals surface area contributed by atoms with E-state index in [9.17, 15) is 14.9 Å². The molecule has 0 aliphatic rings. The summed E-state index contributed by atoms with van der Waals surface area (Å²) in [5, 5.41) is 14.4. The average molecular weight is 321 g/mol. The number of rotatable bonds is 5. The van der Waals surface area contributed by atoms with Gasteiger partial charge in [0.05, 0.1) is 12.0 Å². The number of para-hydroxylation sites is 1. The van der Waals surface area contributed by atoms with E-state index >= 15 is 0 Å². The Kier molecular flexibility index (Phi) is 4.95. The lowest BCUT2D eigenvalue weighted by atomic mass is 10.1. The van der Waals surface area contributed by atoms with Crippen LogP contribution in [0.2, 0.25) is 5.02 Å². The van der Waals surface area contributed by atoms with Crippen molar-refractivity contribution in [3.05, 3.63) is 68.7 Å². The van der Waals surface area contributed by atoms with E-state index in [2.05, 4.69) is 5.32 Å². The first-order chi connectivity index (χ1) is 10.5. The maximum atomic E-state index is 12.2. The molecule has 0 radical (unpaired) electrons. The SMILES string of the molecule is COc1cccc(C(=O)NCc2ccc(Cl)cc2)c1[N+](=O)[O-]. The number of carbonyl (C=O) groups excluding carboxylic acids is 1. The zero-order valence-electron chi connectivity index (χ0n) is 11.7. The van der Waals surface area contributed by atoms with Gasteiger partial charge in [-0.3, -0.25) is 14.9 Å². The summed E-state index contributed by atoms with van der Waals surface area (Å²) in [6.07, 6.45) is 0. The Morgan fingerprint density at radius 2 is 1.95 bits per heavy atom. The third kappa shape index (κ3) is 3.53. The van der Waals surface area contributed by atoms with Crippen LogP contribution >= 0.6 is 11.6 Å². The minimum Gasteiger partial charge on any atom is -0.490 e. The van der Waals surface area contributed by atoms with Crippen LogP contribution in [-0.2, 0) is 6.54 Å². The van der Waals surface area contributed by atoms with Crippen molar-refractivity contribution in [3.8, 4) is 5.75 Å². The van der Waals surface area contributed by atoms with Crippen LogP contribution in [0.5, 0.6) is 5.75 Å². The molecule has 114 valence electrons. The number of nitrogens with one attached hydrogen (secondary N) is 1. The number of hydrogen-bond acceptors (Lipinski definition) is 4. The number of halogens is 1. The highest BCUT2D eigenvalue weighted by atomic mass is 35.5. The number of benzene rings is 2. The second-order valence-electron chi connectivity index (χ2n) is 4.42. The molecule has 1 N–H and O–H groups in total. The van der Waals surface area contributed by atoms with Crippen molar-refractivity contribution in [1.29, 1.82) is 0 Å². The standard InChI is InChI=1S/C15H13ClN2O4/c1-22-13-4-2-3-12(14(13)18(20)21)15(19)17-9-10-5-7-11(16)8-6-10/h2-8H,9H2,1H3,(H,17,19). The molecule has 0 aliphatic carbocycles. The smallest absolute Gasteiger partial charge is 0.323 e. The molecule has 22 heavy (non-hydrogen) atoms. The Labute approximate surface area is 131 Å². The van der Waals surface area contributed by atoms with Crippen LogP contribution in [0.3, 0.4) is 0 Å². The van der Waals surface area contributed by atoms with Crippen molar-refractivity contribution in [2.75, 3.05) is 7.11 Å². The molecule has 0 fully saturated rings. The van der Waals surface area contributed by atoms with Crippen LogP contribution in [0.1, 0.15) is 15.9 Å². The van der Waals surface area contributed by atoms with E-state index in [1.807, 2.05) is 0 Å². The molecule has 0 saturated heterocycles. The molecule has 0 bridgehead atoms. The topological polar surface area (TPSA) is 81.5 Å². The summed E-state index contributed by atoms with van der Waals surface area (Å²) in [5.41, 5.74) is 0.445. The van der Waals surface area contributed by atoms with Gasteiger partial charge in [-0.15, -0.1) is 0 Å². The molecule has 0 heterocycles. The van der Waals surface area contributed by atoms with Crippen LogP contribution in [0, 0.1) is 10.1 Å². The number of methoxy groups -OCH3 is 1. The Morgan fingerprint density at radius 3 is 2.55 bits per heavy atom. The first-order valence-electron chi connectivity index (χ1n) is 6.37. The van der Waals surface area contributed by atoms with Gasteiger partial charge < -0.3 is 10.1 Å². The number of nitro benzene ring substituents is 1. The minimum atomic E-state index is -0.629. The minimum absolute atomic E-state index is 0.0432. The maximum Gasteiger partial charge on any atom is 0.323 e. The fourth-order valence-corrected chi connectivity index (χ4v) is 2.06. The zero-order chi connectivity index (χ0) is 16.1. The molecule has 2 aromatic rings. The van der Waals surface area contributed by atoms with Crippen LogP contribution in [0.15, 0.2) is 42.5 Å². The molecule has 0 atom stereocenters. The van der Waals surface area contributed by atoms with Gasteiger partial charge in [-0.1, -0.05) is 29.8 Å². The fourth-order valence-electron chi connectivity index (χ4n) is 1.94. The third-order valence-electron chi connectivity index (χ3n) is 3.01. The molecule has 0 saturated carbocycles. The van der Waals surface area contributed by atoms with Crippen molar-refractivity contribution < 1.29 is 14.5 Å². The molecule has 0 unspecified atom stereocenters. The maximum absolute atomic E-state index is 12.2. The van der Waals surface area contributed by atoms with Crippen molar-refractivity contribution in [2.45, 2.75) is 6.54 Å². The first-order valence-corrected chi connectivity index (χ1v) is 6.74. The average Bonchev–Trinajstić information content (AvgIpc) is 2.53. The third-order valence-corrected chi connectivity index (χ3v) is 3.26. The summed E-state index contributed by atoms with van der Waals surface area (Å²) in [6, 6.07) is 11.3. The van der Waals surface area contributed by atoms with E-state index in [1.54, 1.807) is 24.3 Å². The number of hydrogen-bond donors (Lipinski definition) is 1. The molecule has 6 nitrogen and oxygen atoms in total. The molecule has 2 aromatic carbocycles. The lowest BCUT2D eigenvalue weighted by molar-refractivity contribution is -0.386. The van der Waals surface area contributed by atoms with E-state index in [-0.39, 0.29) is 23.5 Å². The van der Waals surface area contributed by atoms with Gasteiger partial charge in [0.25, 0.3) is 5.91 Å². The predicted molar refractivity (Wildman–Crippen MR) is 82.3 cm³/mol. The van der Waals surface area contributed by atoms with Gasteiger partial charge in [0, 0.05) is 11.6 Å². The van der Waals surface area contributed by atoms with E-state index in [0.717, 1.165) is 5.56 Å². The van der Waals surface area contributed by atoms with Crippen molar-refractivity contribution in [3.63, 3.8) is 0 Å². The first kappa shape index (κ1) is 15.8. The Morgan fingerprint density at radius 1 is 1.27 bits per heavy atom. The van der Waals surface area contributed by atoms with E-state index in [0.29, 0.717) is 5.02 Å². The molecule has 1 amide bonds. The van der Waals surface area contributed by atoms with E-state index < -0.39 is 10.8 Å². The van der Waals surface area contributed by atoms with Gasteiger partial charge >= 0.3 is 5.69 Å². The monoisotopic (exact) mass is 320 g/mol. The summed E-state index contributed by atoms with van der Waals surface area (Å²) in [7, 11) is 1.32. The van der Waals surface area contributed by atoms with Gasteiger partial charge in [-0.25, -0.2) is 0 Å². The van der Waals surface area contributed by atoms with Crippen LogP contribution in [0.4, 0.5) is 5.69 Å².